The molecule has 2 amide bonds. The van der Waals surface area contributed by atoms with Gasteiger partial charge in [-0.05, 0) is 18.2 Å². The molecule has 3 heterocycles. The third kappa shape index (κ3) is 3.09. The number of carbonyl (C=O) groups is 2. The van der Waals surface area contributed by atoms with Gasteiger partial charge in [0.1, 0.15) is 12.2 Å². The number of aryl methyl sites for hydroxylation is 1. The number of H-pyrrole nitrogens is 1. The summed E-state index contributed by atoms with van der Waals surface area (Å²) in [6.45, 7) is -0.120. The average Bonchev–Trinajstić information content (AvgIpc) is 3.38. The zero-order valence-corrected chi connectivity index (χ0v) is 15.6. The Kier molecular flexibility index (Phi) is 4.32. The van der Waals surface area contributed by atoms with E-state index in [1.165, 1.54) is 20.5 Å². The summed E-state index contributed by atoms with van der Waals surface area (Å²) in [5.41, 5.74) is 7.99. The Hall–Kier alpha value is -3.66. The Morgan fingerprint density at radius 1 is 1.29 bits per heavy atom. The number of hydrogen-bond donors (Lipinski definition) is 3. The van der Waals surface area contributed by atoms with Gasteiger partial charge in [-0.2, -0.15) is 0 Å². The Bertz CT molecular complexity index is 1260. The highest BCUT2D eigenvalue weighted by atomic mass is 32.1. The van der Waals surface area contributed by atoms with E-state index in [-0.39, 0.29) is 23.8 Å². The lowest BCUT2D eigenvalue weighted by atomic mass is 10.2. The van der Waals surface area contributed by atoms with E-state index in [4.69, 9.17) is 5.73 Å². The van der Waals surface area contributed by atoms with Crippen LogP contribution in [-0.4, -0.2) is 30.9 Å². The average molecular weight is 396 g/mol. The van der Waals surface area contributed by atoms with Crippen molar-refractivity contribution in [1.29, 1.82) is 0 Å². The third-order valence-electron chi connectivity index (χ3n) is 4.35. The van der Waals surface area contributed by atoms with Crippen LogP contribution < -0.4 is 16.7 Å². The number of thiazole rings is 1. The first-order chi connectivity index (χ1) is 13.4. The predicted octanol–water partition coefficient (Wildman–Crippen LogP) is 1.53. The summed E-state index contributed by atoms with van der Waals surface area (Å²) in [5.74, 6) is -0.915. The number of nitrogens with zero attached hydrogens (tertiary/aromatic N) is 3. The number of rotatable bonds is 5. The van der Waals surface area contributed by atoms with Crippen LogP contribution in [0.4, 0.5) is 5.13 Å². The molecule has 3 aromatic heterocycles. The maximum Gasteiger partial charge on any atom is 0.329 e. The largest absolute Gasteiger partial charge is 0.364 e. The van der Waals surface area contributed by atoms with E-state index in [1.54, 1.807) is 30.8 Å². The van der Waals surface area contributed by atoms with E-state index in [0.717, 1.165) is 5.52 Å². The molecule has 0 saturated heterocycles. The van der Waals surface area contributed by atoms with Crippen LogP contribution in [0, 0.1) is 0 Å². The van der Waals surface area contributed by atoms with E-state index in [1.807, 2.05) is 18.2 Å². The van der Waals surface area contributed by atoms with Gasteiger partial charge in [-0.25, -0.2) is 9.78 Å². The molecule has 4 aromatic rings. The maximum absolute atomic E-state index is 12.4. The Labute approximate surface area is 162 Å². The molecule has 0 aliphatic rings. The molecule has 0 atom stereocenters. The van der Waals surface area contributed by atoms with E-state index < -0.39 is 5.91 Å². The highest BCUT2D eigenvalue weighted by Crippen LogP contribution is 2.25. The van der Waals surface area contributed by atoms with Crippen molar-refractivity contribution < 1.29 is 9.59 Å². The molecule has 4 rings (SSSR count). The summed E-state index contributed by atoms with van der Waals surface area (Å²) in [4.78, 5) is 43.2. The van der Waals surface area contributed by atoms with E-state index in [2.05, 4.69) is 15.3 Å². The van der Waals surface area contributed by atoms with Crippen LogP contribution in [0.15, 0.2) is 46.7 Å². The number of primary amides is 1. The molecule has 4 N–H and O–H groups in total. The quantitative estimate of drug-likeness (QED) is 0.472. The van der Waals surface area contributed by atoms with Crippen molar-refractivity contribution >= 4 is 39.3 Å². The third-order valence-corrected chi connectivity index (χ3v) is 5.11. The number of imidazole rings is 1. The van der Waals surface area contributed by atoms with Crippen LogP contribution in [0.1, 0.15) is 10.5 Å². The van der Waals surface area contributed by atoms with Gasteiger partial charge in [-0.15, -0.1) is 11.3 Å². The van der Waals surface area contributed by atoms with Crippen LogP contribution in [0.2, 0.25) is 0 Å². The van der Waals surface area contributed by atoms with E-state index in [0.29, 0.717) is 21.9 Å². The smallest absolute Gasteiger partial charge is 0.329 e. The first kappa shape index (κ1) is 17.7. The first-order valence-electron chi connectivity index (χ1n) is 8.32. The minimum absolute atomic E-state index is 0.120. The second kappa shape index (κ2) is 6.82. The van der Waals surface area contributed by atoms with Gasteiger partial charge in [0.2, 0.25) is 5.91 Å². The highest BCUT2D eigenvalue weighted by molar-refractivity contribution is 7.14. The summed E-state index contributed by atoms with van der Waals surface area (Å²) < 4.78 is 2.93. The minimum Gasteiger partial charge on any atom is -0.364 e. The molecule has 142 valence electrons. The lowest BCUT2D eigenvalue weighted by molar-refractivity contribution is -0.116. The molecule has 0 bridgehead atoms. The molecule has 0 aliphatic carbocycles. The Morgan fingerprint density at radius 2 is 2.04 bits per heavy atom. The number of aromatic amines is 1. The van der Waals surface area contributed by atoms with Crippen molar-refractivity contribution in [2.45, 2.75) is 6.54 Å². The van der Waals surface area contributed by atoms with Crippen molar-refractivity contribution in [3.63, 3.8) is 0 Å². The number of amides is 2. The van der Waals surface area contributed by atoms with Gasteiger partial charge in [0.15, 0.2) is 5.13 Å². The monoisotopic (exact) mass is 396 g/mol. The van der Waals surface area contributed by atoms with Gasteiger partial charge in [-0.3, -0.25) is 18.7 Å². The lowest BCUT2D eigenvalue weighted by Crippen LogP contribution is -2.28. The predicted molar refractivity (Wildman–Crippen MR) is 106 cm³/mol. The van der Waals surface area contributed by atoms with E-state index >= 15 is 0 Å². The summed E-state index contributed by atoms with van der Waals surface area (Å²) in [5, 5.41) is 4.86. The fraction of sp³-hybridized carbons (Fsp3) is 0.111. The van der Waals surface area contributed by atoms with Gasteiger partial charge >= 0.3 is 5.69 Å². The summed E-state index contributed by atoms with van der Waals surface area (Å²) in [6, 6.07) is 8.89. The molecule has 0 spiro atoms. The number of carbonyl (C=O) groups excluding carboxylic acids is 2. The molecule has 10 heteroatoms. The normalized spacial score (nSPS) is 11.0. The molecule has 1 aromatic carbocycles. The minimum atomic E-state index is -0.560. The zero-order valence-electron chi connectivity index (χ0n) is 14.8. The molecule has 0 unspecified atom stereocenters. The molecule has 28 heavy (non-hydrogen) atoms. The molecule has 0 fully saturated rings. The fourth-order valence-electron chi connectivity index (χ4n) is 2.97. The van der Waals surface area contributed by atoms with Gasteiger partial charge in [-0.1, -0.05) is 12.1 Å². The van der Waals surface area contributed by atoms with E-state index in [9.17, 15) is 14.4 Å². The Balaban J connectivity index is 1.52. The number of benzene rings is 1. The molecular formula is C18H16N6O3S. The topological polar surface area (TPSA) is 128 Å². The highest BCUT2D eigenvalue weighted by Gasteiger charge is 2.15. The number of para-hydroxylation sites is 2. The SMILES string of the molecule is Cn1c(=O)n(CC(=O)Nc2nc(-c3c[nH]c(C(N)=O)c3)cs2)c2ccccc21. The van der Waals surface area contributed by atoms with Crippen molar-refractivity contribution in [2.75, 3.05) is 5.32 Å². The molecule has 0 saturated carbocycles. The zero-order chi connectivity index (χ0) is 19.8. The van der Waals surface area contributed by atoms with Gasteiger partial charge in [0.05, 0.1) is 16.7 Å². The fourth-order valence-corrected chi connectivity index (χ4v) is 3.70. The number of nitrogens with one attached hydrogen (secondary N) is 2. The maximum atomic E-state index is 12.4. The second-order valence-electron chi connectivity index (χ2n) is 6.17. The van der Waals surface area contributed by atoms with Gasteiger partial charge in [0, 0.05) is 24.2 Å². The molecule has 0 radical (unpaired) electrons. The standard InChI is InChI=1S/C18H16N6O3S/c1-23-13-4-2-3-5-14(13)24(18(23)27)8-15(25)22-17-21-12(9-28-17)10-6-11(16(19)26)20-7-10/h2-7,9,20H,8H2,1H3,(H2,19,26)(H,21,22,25). The summed E-state index contributed by atoms with van der Waals surface area (Å²) in [6.07, 6.45) is 1.62. The first-order valence-corrected chi connectivity index (χ1v) is 9.20. The van der Waals surface area contributed by atoms with Crippen LogP contribution in [0.3, 0.4) is 0 Å². The van der Waals surface area contributed by atoms with Crippen molar-refractivity contribution in [3.8, 4) is 11.3 Å². The number of fused-ring (bicyclic) bond motifs is 1. The van der Waals surface area contributed by atoms with Crippen molar-refractivity contribution in [2.24, 2.45) is 12.8 Å². The molecule has 0 aliphatic heterocycles. The number of hydrogen-bond acceptors (Lipinski definition) is 5. The van der Waals surface area contributed by atoms with Crippen LogP contribution >= 0.6 is 11.3 Å². The van der Waals surface area contributed by atoms with Gasteiger partial charge in [0.25, 0.3) is 5.91 Å². The molecular weight excluding hydrogens is 380 g/mol. The van der Waals surface area contributed by atoms with Crippen LogP contribution in [0.25, 0.3) is 22.3 Å². The summed E-state index contributed by atoms with van der Waals surface area (Å²) >= 11 is 1.25. The van der Waals surface area contributed by atoms with Crippen molar-refractivity contribution in [3.05, 3.63) is 58.1 Å². The summed E-state index contributed by atoms with van der Waals surface area (Å²) in [7, 11) is 1.67. The number of anilines is 1. The number of nitrogens with two attached hydrogens (primary N) is 1. The Morgan fingerprint density at radius 3 is 2.75 bits per heavy atom. The van der Waals surface area contributed by atoms with Gasteiger partial charge < -0.3 is 16.0 Å². The lowest BCUT2D eigenvalue weighted by Gasteiger charge is -2.03. The molecule has 9 nitrogen and oxygen atoms in total. The van der Waals surface area contributed by atoms with Crippen LogP contribution in [-0.2, 0) is 18.4 Å². The second-order valence-corrected chi connectivity index (χ2v) is 7.03. The number of aromatic nitrogens is 4. The van der Waals surface area contributed by atoms with Crippen LogP contribution in [0.5, 0.6) is 0 Å². The van der Waals surface area contributed by atoms with Crippen molar-refractivity contribution in [1.82, 2.24) is 19.1 Å².